The van der Waals surface area contributed by atoms with E-state index >= 15 is 0 Å². The zero-order valence-electron chi connectivity index (χ0n) is 25.1. The lowest BCUT2D eigenvalue weighted by Crippen LogP contribution is -2.52. The van der Waals surface area contributed by atoms with Crippen molar-refractivity contribution < 1.29 is 14.3 Å². The van der Waals surface area contributed by atoms with Crippen LogP contribution in [0.15, 0.2) is 48.5 Å². The maximum absolute atomic E-state index is 12.9. The van der Waals surface area contributed by atoms with E-state index in [2.05, 4.69) is 22.1 Å². The van der Waals surface area contributed by atoms with Crippen LogP contribution in [0.1, 0.15) is 60.0 Å². The Labute approximate surface area is 250 Å². The minimum atomic E-state index is -0.112. The predicted octanol–water partition coefficient (Wildman–Crippen LogP) is 5.32. The van der Waals surface area contributed by atoms with Crippen LogP contribution in [0, 0.1) is 35.0 Å². The minimum absolute atomic E-state index is 0.0576. The highest BCUT2D eigenvalue weighted by atomic mass is 16.5. The number of likely N-dealkylation sites (N-methyl/N-ethyl adjacent to an activating group) is 1. The molecule has 5 aliphatic rings. The third kappa shape index (κ3) is 6.66. The first-order valence-corrected chi connectivity index (χ1v) is 15.6. The molecule has 42 heavy (non-hydrogen) atoms. The van der Waals surface area contributed by atoms with Gasteiger partial charge >= 0.3 is 6.03 Å². The summed E-state index contributed by atoms with van der Waals surface area (Å²) in [6.07, 6.45) is 8.20. The highest BCUT2D eigenvalue weighted by Crippen LogP contribution is 2.59. The normalized spacial score (nSPS) is 26.4. The molecule has 4 bridgehead atoms. The number of hydrogen-bond acceptors (Lipinski definition) is 4. The van der Waals surface area contributed by atoms with Crippen LogP contribution in [0.3, 0.4) is 0 Å². The molecule has 3 amide bonds. The largest absolute Gasteiger partial charge is 0.383 e. The van der Waals surface area contributed by atoms with Crippen molar-refractivity contribution in [3.63, 3.8) is 0 Å². The van der Waals surface area contributed by atoms with Gasteiger partial charge in [-0.15, -0.1) is 0 Å². The van der Waals surface area contributed by atoms with Crippen molar-refractivity contribution in [3.8, 4) is 11.8 Å². The lowest BCUT2D eigenvalue weighted by Gasteiger charge is -2.54. The fourth-order valence-corrected chi connectivity index (χ4v) is 7.99. The molecule has 2 aromatic rings. The Morgan fingerprint density at radius 3 is 2.14 bits per heavy atom. The fraction of sp³-hybridized carbons (Fsp3) is 0.543. The van der Waals surface area contributed by atoms with E-state index in [1.54, 1.807) is 12.0 Å². The number of amides is 3. The minimum Gasteiger partial charge on any atom is -0.383 e. The monoisotopic (exact) mass is 568 g/mol. The third-order valence-electron chi connectivity index (χ3n) is 9.88. The first kappa shape index (κ1) is 28.8. The van der Waals surface area contributed by atoms with E-state index in [-0.39, 0.29) is 17.4 Å². The van der Waals surface area contributed by atoms with E-state index in [0.29, 0.717) is 31.8 Å². The molecule has 0 unspecified atom stereocenters. The second-order valence-electron chi connectivity index (χ2n) is 13.1. The van der Waals surface area contributed by atoms with Gasteiger partial charge in [-0.1, -0.05) is 24.0 Å². The summed E-state index contributed by atoms with van der Waals surface area (Å²) in [4.78, 5) is 31.5. The van der Waals surface area contributed by atoms with Crippen molar-refractivity contribution in [1.29, 1.82) is 0 Å². The van der Waals surface area contributed by atoms with Gasteiger partial charge in [-0.25, -0.2) is 4.79 Å². The van der Waals surface area contributed by atoms with Gasteiger partial charge in [-0.3, -0.25) is 9.69 Å². The summed E-state index contributed by atoms with van der Waals surface area (Å²) in [6.45, 7) is 5.02. The molecule has 2 aromatic carbocycles. The standard InChI is InChI=1S/C35H44N4O3/c1-37(17-18-42-2)34(41)39-15-13-38(14-16-39)25-27-3-7-31(8-4-27)33(40)36-32-9-5-26(6-10-32)11-12-35-22-28-19-29(23-35)21-30(20-28)24-35/h3-10,28-30H,13-25H2,1-2H3,(H,36,40). The van der Waals surface area contributed by atoms with E-state index in [0.717, 1.165) is 54.2 Å². The summed E-state index contributed by atoms with van der Waals surface area (Å²) in [5.74, 6) is 9.81. The van der Waals surface area contributed by atoms with Crippen LogP contribution < -0.4 is 5.32 Å². The number of piperazine rings is 1. The molecule has 0 atom stereocenters. The van der Waals surface area contributed by atoms with Crippen molar-refractivity contribution in [1.82, 2.24) is 14.7 Å². The summed E-state index contributed by atoms with van der Waals surface area (Å²) in [7, 11) is 3.46. The molecule has 7 nitrogen and oxygen atoms in total. The average Bonchev–Trinajstić information content (AvgIpc) is 2.99. The maximum atomic E-state index is 12.9. The van der Waals surface area contributed by atoms with Crippen LogP contribution in [-0.4, -0.2) is 80.1 Å². The van der Waals surface area contributed by atoms with E-state index in [1.807, 2.05) is 60.5 Å². The van der Waals surface area contributed by atoms with Crippen LogP contribution in [0.2, 0.25) is 0 Å². The second-order valence-corrected chi connectivity index (χ2v) is 13.1. The molecule has 7 heteroatoms. The molecule has 1 aliphatic heterocycles. The Morgan fingerprint density at radius 1 is 0.929 bits per heavy atom. The first-order valence-electron chi connectivity index (χ1n) is 15.6. The highest BCUT2D eigenvalue weighted by Gasteiger charge is 2.50. The van der Waals surface area contributed by atoms with Gasteiger partial charge in [0.1, 0.15) is 0 Å². The quantitative estimate of drug-likeness (QED) is 0.459. The number of ether oxygens (including phenoxy) is 1. The van der Waals surface area contributed by atoms with Gasteiger partial charge in [0.25, 0.3) is 5.91 Å². The van der Waals surface area contributed by atoms with Crippen LogP contribution in [-0.2, 0) is 11.3 Å². The third-order valence-corrected chi connectivity index (χ3v) is 9.88. The summed E-state index contributed by atoms with van der Waals surface area (Å²) in [5.41, 5.74) is 3.85. The molecule has 0 aromatic heterocycles. The van der Waals surface area contributed by atoms with Crippen LogP contribution in [0.25, 0.3) is 0 Å². The van der Waals surface area contributed by atoms with Crippen molar-refractivity contribution in [2.45, 2.75) is 45.1 Å². The van der Waals surface area contributed by atoms with Gasteiger partial charge in [-0.05, 0) is 98.2 Å². The number of rotatable bonds is 7. The number of carbonyl (C=O) groups excluding carboxylic acids is 2. The van der Waals surface area contributed by atoms with Crippen molar-refractivity contribution >= 4 is 17.6 Å². The molecular formula is C35H44N4O3. The van der Waals surface area contributed by atoms with E-state index < -0.39 is 0 Å². The van der Waals surface area contributed by atoms with Crippen LogP contribution in [0.5, 0.6) is 0 Å². The van der Waals surface area contributed by atoms with Crippen molar-refractivity contribution in [2.24, 2.45) is 23.2 Å². The summed E-state index contributed by atoms with van der Waals surface area (Å²) in [5, 5.41) is 3.03. The van der Waals surface area contributed by atoms with Gasteiger partial charge in [0, 0.05) is 75.7 Å². The predicted molar refractivity (Wildman–Crippen MR) is 165 cm³/mol. The molecular weight excluding hydrogens is 524 g/mol. The number of nitrogens with one attached hydrogen (secondary N) is 1. The zero-order chi connectivity index (χ0) is 29.1. The van der Waals surface area contributed by atoms with E-state index in [9.17, 15) is 9.59 Å². The van der Waals surface area contributed by atoms with Crippen molar-refractivity contribution in [3.05, 3.63) is 65.2 Å². The Kier molecular flexibility index (Phi) is 8.55. The Balaban J connectivity index is 0.970. The zero-order valence-corrected chi connectivity index (χ0v) is 25.1. The van der Waals surface area contributed by atoms with Crippen LogP contribution in [0.4, 0.5) is 10.5 Å². The summed E-state index contributed by atoms with van der Waals surface area (Å²) < 4.78 is 5.08. The molecule has 4 aliphatic carbocycles. The summed E-state index contributed by atoms with van der Waals surface area (Å²) >= 11 is 0. The Hall–Kier alpha value is -3.34. The molecule has 222 valence electrons. The number of carbonyl (C=O) groups is 2. The topological polar surface area (TPSA) is 65.1 Å². The van der Waals surface area contributed by atoms with E-state index in [1.165, 1.54) is 38.5 Å². The van der Waals surface area contributed by atoms with Gasteiger partial charge in [-0.2, -0.15) is 0 Å². The van der Waals surface area contributed by atoms with Gasteiger partial charge in [0.05, 0.1) is 6.61 Å². The SMILES string of the molecule is COCCN(C)C(=O)N1CCN(Cc2ccc(C(=O)Nc3ccc(C#CC45CC6CC(CC(C6)C4)C5)cc3)cc2)CC1. The fourth-order valence-electron chi connectivity index (χ4n) is 7.99. The lowest BCUT2D eigenvalue weighted by atomic mass is 9.50. The smallest absolute Gasteiger partial charge is 0.319 e. The average molecular weight is 569 g/mol. The summed E-state index contributed by atoms with van der Waals surface area (Å²) in [6, 6.07) is 15.8. The molecule has 4 saturated carbocycles. The molecule has 1 N–H and O–H groups in total. The number of benzene rings is 2. The molecule has 7 rings (SSSR count). The van der Waals surface area contributed by atoms with Crippen LogP contribution >= 0.6 is 0 Å². The number of hydrogen-bond donors (Lipinski definition) is 1. The van der Waals surface area contributed by atoms with E-state index in [4.69, 9.17) is 4.74 Å². The number of methoxy groups -OCH3 is 1. The maximum Gasteiger partial charge on any atom is 0.319 e. The molecule has 1 heterocycles. The van der Waals surface area contributed by atoms with Crippen molar-refractivity contribution in [2.75, 3.05) is 58.8 Å². The molecule has 0 radical (unpaired) electrons. The Bertz CT molecular complexity index is 1280. The van der Waals surface area contributed by atoms with Gasteiger partial charge in [0.2, 0.25) is 0 Å². The number of urea groups is 1. The molecule has 5 fully saturated rings. The first-order chi connectivity index (χ1) is 20.4. The second kappa shape index (κ2) is 12.5. The number of nitrogens with zero attached hydrogens (tertiary/aromatic N) is 3. The molecule has 1 saturated heterocycles. The van der Waals surface area contributed by atoms with Gasteiger partial charge in [0.15, 0.2) is 0 Å². The molecule has 0 spiro atoms. The van der Waals surface area contributed by atoms with Gasteiger partial charge < -0.3 is 19.9 Å². The Morgan fingerprint density at radius 2 is 1.55 bits per heavy atom. The lowest BCUT2D eigenvalue weighted by molar-refractivity contribution is -0.0181. The highest BCUT2D eigenvalue weighted by molar-refractivity contribution is 6.04. The number of anilines is 1.